The molecule has 6 heteroatoms. The summed E-state index contributed by atoms with van der Waals surface area (Å²) in [6, 6.07) is 8.08. The molecular weight excluding hydrogens is 286 g/mol. The molecule has 1 atom stereocenters. The van der Waals surface area contributed by atoms with Gasteiger partial charge in [-0.1, -0.05) is 12.1 Å². The van der Waals surface area contributed by atoms with E-state index in [2.05, 4.69) is 0 Å². The van der Waals surface area contributed by atoms with Crippen LogP contribution in [-0.2, 0) is 4.79 Å². The molecule has 1 amide bonds. The third-order valence-corrected chi connectivity index (χ3v) is 3.31. The smallest absolute Gasteiger partial charge is 0.227 e. The van der Waals surface area contributed by atoms with E-state index in [1.165, 1.54) is 6.07 Å². The Morgan fingerprint density at radius 2 is 2.00 bits per heavy atom. The van der Waals surface area contributed by atoms with Crippen LogP contribution < -0.4 is 15.9 Å². The molecular formula is C16H17NO5. The molecule has 1 aromatic carbocycles. The van der Waals surface area contributed by atoms with Gasteiger partial charge in [-0.3, -0.25) is 9.59 Å². The average Bonchev–Trinajstić information content (AvgIpc) is 2.48. The SMILES string of the molecule is COc1ccc(C(CC(N)=O)c2oc(C)cc(=O)c2O)cc1. The Kier molecular flexibility index (Phi) is 4.50. The predicted molar refractivity (Wildman–Crippen MR) is 80.0 cm³/mol. The van der Waals surface area contributed by atoms with E-state index in [0.717, 1.165) is 0 Å². The number of rotatable bonds is 5. The zero-order valence-electron chi connectivity index (χ0n) is 12.3. The maximum atomic E-state index is 11.7. The first-order valence-electron chi connectivity index (χ1n) is 6.68. The normalized spacial score (nSPS) is 11.9. The molecule has 0 aliphatic rings. The summed E-state index contributed by atoms with van der Waals surface area (Å²) in [7, 11) is 1.54. The second-order valence-corrected chi connectivity index (χ2v) is 4.93. The minimum atomic E-state index is -0.643. The fraction of sp³-hybridized carbons (Fsp3) is 0.250. The highest BCUT2D eigenvalue weighted by atomic mass is 16.5. The van der Waals surface area contributed by atoms with E-state index in [9.17, 15) is 14.7 Å². The van der Waals surface area contributed by atoms with Gasteiger partial charge in [-0.15, -0.1) is 0 Å². The minimum absolute atomic E-state index is 0.0361. The quantitative estimate of drug-likeness (QED) is 0.874. The first-order valence-corrected chi connectivity index (χ1v) is 6.68. The lowest BCUT2D eigenvalue weighted by Crippen LogP contribution is -2.17. The summed E-state index contributed by atoms with van der Waals surface area (Å²) in [5.41, 5.74) is 5.42. The number of hydrogen-bond donors (Lipinski definition) is 2. The van der Waals surface area contributed by atoms with E-state index in [4.69, 9.17) is 14.9 Å². The zero-order chi connectivity index (χ0) is 16.3. The highest BCUT2D eigenvalue weighted by Crippen LogP contribution is 2.33. The third-order valence-electron chi connectivity index (χ3n) is 3.31. The van der Waals surface area contributed by atoms with Gasteiger partial charge in [0.15, 0.2) is 5.76 Å². The maximum absolute atomic E-state index is 11.7. The van der Waals surface area contributed by atoms with Gasteiger partial charge >= 0.3 is 0 Å². The number of aromatic hydroxyl groups is 1. The van der Waals surface area contributed by atoms with Crippen molar-refractivity contribution in [2.45, 2.75) is 19.3 Å². The lowest BCUT2D eigenvalue weighted by molar-refractivity contribution is -0.118. The van der Waals surface area contributed by atoms with Crippen LogP contribution in [0.25, 0.3) is 0 Å². The number of methoxy groups -OCH3 is 1. The van der Waals surface area contributed by atoms with Crippen molar-refractivity contribution < 1.29 is 19.1 Å². The zero-order valence-corrected chi connectivity index (χ0v) is 12.3. The molecule has 6 nitrogen and oxygen atoms in total. The van der Waals surface area contributed by atoms with Crippen LogP contribution in [0.1, 0.15) is 29.4 Å². The molecule has 0 saturated heterocycles. The number of amides is 1. The van der Waals surface area contributed by atoms with Crippen molar-refractivity contribution in [1.29, 1.82) is 0 Å². The fourth-order valence-electron chi connectivity index (χ4n) is 2.26. The number of hydrogen-bond acceptors (Lipinski definition) is 5. The summed E-state index contributed by atoms with van der Waals surface area (Å²) in [5.74, 6) is -0.681. The molecule has 1 heterocycles. The third kappa shape index (κ3) is 3.28. The number of carbonyl (C=O) groups is 1. The first kappa shape index (κ1) is 15.6. The predicted octanol–water partition coefficient (Wildman–Crippen LogP) is 1.67. The molecule has 0 radical (unpaired) electrons. The fourth-order valence-corrected chi connectivity index (χ4v) is 2.26. The molecule has 2 rings (SSSR count). The summed E-state index contributed by atoms with van der Waals surface area (Å²) in [5, 5.41) is 9.98. The van der Waals surface area contributed by atoms with Gasteiger partial charge in [-0.2, -0.15) is 0 Å². The van der Waals surface area contributed by atoms with Crippen LogP contribution in [-0.4, -0.2) is 18.1 Å². The largest absolute Gasteiger partial charge is 0.502 e. The maximum Gasteiger partial charge on any atom is 0.227 e. The van der Waals surface area contributed by atoms with Crippen LogP contribution in [0, 0.1) is 6.92 Å². The van der Waals surface area contributed by atoms with E-state index >= 15 is 0 Å². The standard InChI is InChI=1S/C16H17NO5/c1-9-7-13(18)15(20)16(22-9)12(8-14(17)19)10-3-5-11(21-2)6-4-10/h3-7,12,20H,8H2,1-2H3,(H2,17,19). The Labute approximate surface area is 127 Å². The number of primary amides is 1. The van der Waals surface area contributed by atoms with Crippen molar-refractivity contribution in [3.05, 3.63) is 57.6 Å². The summed E-state index contributed by atoms with van der Waals surface area (Å²) in [4.78, 5) is 23.1. The molecule has 0 bridgehead atoms. The van der Waals surface area contributed by atoms with Crippen LogP contribution in [0.4, 0.5) is 0 Å². The first-order chi connectivity index (χ1) is 10.4. The highest BCUT2D eigenvalue weighted by molar-refractivity contribution is 5.75. The van der Waals surface area contributed by atoms with Crippen molar-refractivity contribution in [1.82, 2.24) is 0 Å². The van der Waals surface area contributed by atoms with Crippen LogP contribution in [0.5, 0.6) is 11.5 Å². The average molecular weight is 303 g/mol. The summed E-state index contributed by atoms with van der Waals surface area (Å²) < 4.78 is 10.6. The summed E-state index contributed by atoms with van der Waals surface area (Å²) >= 11 is 0. The number of aryl methyl sites for hydroxylation is 1. The lowest BCUT2D eigenvalue weighted by atomic mass is 9.92. The van der Waals surface area contributed by atoms with Crippen molar-refractivity contribution in [3.63, 3.8) is 0 Å². The molecule has 116 valence electrons. The molecule has 0 fully saturated rings. The molecule has 2 aromatic rings. The van der Waals surface area contributed by atoms with Gasteiger partial charge in [0.2, 0.25) is 17.1 Å². The van der Waals surface area contributed by atoms with E-state index < -0.39 is 23.0 Å². The van der Waals surface area contributed by atoms with Gasteiger partial charge in [0.1, 0.15) is 11.5 Å². The van der Waals surface area contributed by atoms with Crippen molar-refractivity contribution >= 4 is 5.91 Å². The highest BCUT2D eigenvalue weighted by Gasteiger charge is 2.24. The molecule has 0 saturated carbocycles. The Hall–Kier alpha value is -2.76. The number of benzene rings is 1. The van der Waals surface area contributed by atoms with E-state index in [1.807, 2.05) is 0 Å². The van der Waals surface area contributed by atoms with Crippen molar-refractivity contribution in [2.75, 3.05) is 7.11 Å². The molecule has 0 aliphatic carbocycles. The van der Waals surface area contributed by atoms with Crippen molar-refractivity contribution in [3.8, 4) is 11.5 Å². The molecule has 3 N–H and O–H groups in total. The lowest BCUT2D eigenvalue weighted by Gasteiger charge is -2.16. The van der Waals surface area contributed by atoms with E-state index in [0.29, 0.717) is 17.1 Å². The molecule has 22 heavy (non-hydrogen) atoms. The van der Waals surface area contributed by atoms with Crippen LogP contribution in [0.2, 0.25) is 0 Å². The Balaban J connectivity index is 2.54. The molecule has 1 aromatic heterocycles. The molecule has 1 unspecified atom stereocenters. The van der Waals surface area contributed by atoms with E-state index in [1.54, 1.807) is 38.3 Å². The van der Waals surface area contributed by atoms with Gasteiger partial charge in [0, 0.05) is 12.5 Å². The summed E-state index contributed by atoms with van der Waals surface area (Å²) in [6.45, 7) is 1.60. The van der Waals surface area contributed by atoms with Gasteiger partial charge in [-0.05, 0) is 24.6 Å². The van der Waals surface area contributed by atoms with Gasteiger partial charge in [0.05, 0.1) is 13.0 Å². The topological polar surface area (TPSA) is 103 Å². The Morgan fingerprint density at radius 1 is 1.36 bits per heavy atom. The Morgan fingerprint density at radius 3 is 2.55 bits per heavy atom. The van der Waals surface area contributed by atoms with Crippen LogP contribution in [0.15, 0.2) is 39.5 Å². The number of nitrogens with two attached hydrogens (primary N) is 1. The summed E-state index contributed by atoms with van der Waals surface area (Å²) in [6.07, 6.45) is -0.0910. The van der Waals surface area contributed by atoms with E-state index in [-0.39, 0.29) is 12.2 Å². The second kappa shape index (κ2) is 6.34. The minimum Gasteiger partial charge on any atom is -0.502 e. The monoisotopic (exact) mass is 303 g/mol. The van der Waals surface area contributed by atoms with Gasteiger partial charge in [0.25, 0.3) is 0 Å². The van der Waals surface area contributed by atoms with Gasteiger partial charge < -0.3 is 20.0 Å². The number of ether oxygens (including phenoxy) is 1. The molecule has 0 aliphatic heterocycles. The van der Waals surface area contributed by atoms with Crippen molar-refractivity contribution in [2.24, 2.45) is 5.73 Å². The van der Waals surface area contributed by atoms with Crippen LogP contribution in [0.3, 0.4) is 0 Å². The second-order valence-electron chi connectivity index (χ2n) is 4.93. The molecule has 0 spiro atoms. The Bertz CT molecular complexity index is 733. The number of carbonyl (C=O) groups excluding carboxylic acids is 1. The van der Waals surface area contributed by atoms with Crippen LogP contribution >= 0.6 is 0 Å². The van der Waals surface area contributed by atoms with Gasteiger partial charge in [-0.25, -0.2) is 0 Å².